The summed E-state index contributed by atoms with van der Waals surface area (Å²) in [5.74, 6) is -1.28. The van der Waals surface area contributed by atoms with Gasteiger partial charge in [0, 0.05) is 12.2 Å². The van der Waals surface area contributed by atoms with Gasteiger partial charge in [0.15, 0.2) is 0 Å². The van der Waals surface area contributed by atoms with Gasteiger partial charge in [-0.15, -0.1) is 0 Å². The number of rotatable bonds is 3. The fourth-order valence-electron chi connectivity index (χ4n) is 2.17. The molecule has 1 aliphatic heterocycles. The predicted molar refractivity (Wildman–Crippen MR) is 63.0 cm³/mol. The van der Waals surface area contributed by atoms with Crippen molar-refractivity contribution in [3.05, 3.63) is 29.8 Å². The molecule has 1 heterocycles. The third-order valence-corrected chi connectivity index (χ3v) is 3.03. The number of carboxylic acid groups (broad SMARTS) is 1. The molecule has 90 valence electrons. The highest BCUT2D eigenvalue weighted by Crippen LogP contribution is 2.25. The van der Waals surface area contributed by atoms with Crippen LogP contribution in [0.15, 0.2) is 24.3 Å². The minimum Gasteiger partial charge on any atom is -0.478 e. The van der Waals surface area contributed by atoms with Crippen molar-refractivity contribution in [3.8, 4) is 0 Å². The molecule has 5 nitrogen and oxygen atoms in total. The summed E-state index contributed by atoms with van der Waals surface area (Å²) in [5.41, 5.74) is 6.41. The number of aromatic carboxylic acids is 1. The average molecular weight is 234 g/mol. The normalized spacial score (nSPS) is 19.3. The molecule has 0 saturated carbocycles. The number of nitrogens with two attached hydrogens (primary N) is 1. The smallest absolute Gasteiger partial charge is 0.335 e. The maximum atomic E-state index is 11.2. The number of carbonyl (C=O) groups is 2. The van der Waals surface area contributed by atoms with E-state index in [0.29, 0.717) is 0 Å². The molecule has 1 aromatic carbocycles. The predicted octanol–water partition coefficient (Wildman–Crippen LogP) is 0.839. The lowest BCUT2D eigenvalue weighted by atomic mass is 10.1. The van der Waals surface area contributed by atoms with E-state index in [1.54, 1.807) is 12.1 Å². The number of hydrogen-bond donors (Lipinski definition) is 2. The summed E-state index contributed by atoms with van der Waals surface area (Å²) in [6, 6.07) is 6.23. The molecule has 1 atom stereocenters. The van der Waals surface area contributed by atoms with Crippen LogP contribution in [0.4, 0.5) is 5.69 Å². The number of carbonyl (C=O) groups excluding carboxylic acids is 1. The minimum atomic E-state index is -0.954. The molecule has 5 heteroatoms. The first-order valence-electron chi connectivity index (χ1n) is 5.49. The van der Waals surface area contributed by atoms with Crippen LogP contribution < -0.4 is 10.6 Å². The van der Waals surface area contributed by atoms with E-state index in [9.17, 15) is 9.59 Å². The molecule has 1 unspecified atom stereocenters. The molecule has 1 aromatic rings. The molecule has 0 radical (unpaired) electrons. The Kier molecular flexibility index (Phi) is 2.99. The molecular formula is C12H14N2O3. The van der Waals surface area contributed by atoms with E-state index in [1.165, 1.54) is 12.1 Å². The maximum Gasteiger partial charge on any atom is 0.335 e. The Morgan fingerprint density at radius 2 is 1.94 bits per heavy atom. The Bertz CT molecular complexity index is 442. The van der Waals surface area contributed by atoms with Crippen molar-refractivity contribution in [1.82, 2.24) is 0 Å². The lowest BCUT2D eigenvalue weighted by Crippen LogP contribution is -2.40. The van der Waals surface area contributed by atoms with Crippen molar-refractivity contribution in [1.29, 1.82) is 0 Å². The Morgan fingerprint density at radius 3 is 2.47 bits per heavy atom. The Morgan fingerprint density at radius 1 is 1.29 bits per heavy atom. The van der Waals surface area contributed by atoms with Crippen LogP contribution in [0.1, 0.15) is 23.2 Å². The molecule has 17 heavy (non-hydrogen) atoms. The highest BCUT2D eigenvalue weighted by Gasteiger charge is 2.28. The molecule has 3 N–H and O–H groups in total. The molecular weight excluding hydrogens is 220 g/mol. The Hall–Kier alpha value is -2.04. The molecule has 0 bridgehead atoms. The zero-order chi connectivity index (χ0) is 12.4. The van der Waals surface area contributed by atoms with Crippen LogP contribution in [0.3, 0.4) is 0 Å². The van der Waals surface area contributed by atoms with Crippen LogP contribution >= 0.6 is 0 Å². The molecule has 1 aliphatic rings. The highest BCUT2D eigenvalue weighted by molar-refractivity contribution is 5.88. The second-order valence-electron chi connectivity index (χ2n) is 4.11. The quantitative estimate of drug-likeness (QED) is 0.811. The third-order valence-electron chi connectivity index (χ3n) is 3.03. The molecule has 2 rings (SSSR count). The molecule has 1 saturated heterocycles. The average Bonchev–Trinajstić information content (AvgIpc) is 2.78. The van der Waals surface area contributed by atoms with Crippen LogP contribution in [-0.2, 0) is 4.79 Å². The fourth-order valence-corrected chi connectivity index (χ4v) is 2.17. The first-order chi connectivity index (χ1) is 8.09. The van der Waals surface area contributed by atoms with E-state index < -0.39 is 5.97 Å². The van der Waals surface area contributed by atoms with Crippen LogP contribution in [0, 0.1) is 0 Å². The Labute approximate surface area is 98.8 Å². The van der Waals surface area contributed by atoms with Gasteiger partial charge in [-0.1, -0.05) is 0 Å². The van der Waals surface area contributed by atoms with Crippen molar-refractivity contribution in [2.24, 2.45) is 5.73 Å². The van der Waals surface area contributed by atoms with Gasteiger partial charge in [0.05, 0.1) is 5.56 Å². The number of carboxylic acids is 1. The van der Waals surface area contributed by atoms with E-state index in [2.05, 4.69) is 0 Å². The first kappa shape index (κ1) is 11.4. The van der Waals surface area contributed by atoms with Crippen molar-refractivity contribution in [2.75, 3.05) is 11.4 Å². The summed E-state index contributed by atoms with van der Waals surface area (Å²) >= 11 is 0. The van der Waals surface area contributed by atoms with E-state index >= 15 is 0 Å². The van der Waals surface area contributed by atoms with Crippen LogP contribution in [0.2, 0.25) is 0 Å². The van der Waals surface area contributed by atoms with Gasteiger partial charge in [-0.2, -0.15) is 0 Å². The molecule has 0 spiro atoms. The third kappa shape index (κ3) is 2.22. The monoisotopic (exact) mass is 234 g/mol. The molecule has 0 aromatic heterocycles. The highest BCUT2D eigenvalue weighted by atomic mass is 16.4. The number of anilines is 1. The van der Waals surface area contributed by atoms with Crippen molar-refractivity contribution in [3.63, 3.8) is 0 Å². The zero-order valence-electron chi connectivity index (χ0n) is 9.30. The summed E-state index contributed by atoms with van der Waals surface area (Å²) in [4.78, 5) is 23.9. The topological polar surface area (TPSA) is 83.6 Å². The van der Waals surface area contributed by atoms with E-state index in [0.717, 1.165) is 25.1 Å². The number of nitrogens with zero attached hydrogens (tertiary/aromatic N) is 1. The van der Waals surface area contributed by atoms with Gasteiger partial charge in [0.2, 0.25) is 5.91 Å². The van der Waals surface area contributed by atoms with Crippen LogP contribution in [0.25, 0.3) is 0 Å². The van der Waals surface area contributed by atoms with Gasteiger partial charge in [-0.05, 0) is 37.1 Å². The molecule has 1 fully saturated rings. The summed E-state index contributed by atoms with van der Waals surface area (Å²) in [5, 5.41) is 8.79. The molecule has 1 amide bonds. The lowest BCUT2D eigenvalue weighted by Gasteiger charge is -2.24. The maximum absolute atomic E-state index is 11.2. The van der Waals surface area contributed by atoms with Crippen LogP contribution in [0.5, 0.6) is 0 Å². The largest absolute Gasteiger partial charge is 0.478 e. The van der Waals surface area contributed by atoms with Gasteiger partial charge in [-0.25, -0.2) is 4.79 Å². The van der Waals surface area contributed by atoms with Crippen molar-refractivity contribution in [2.45, 2.75) is 18.9 Å². The van der Waals surface area contributed by atoms with Gasteiger partial charge >= 0.3 is 5.97 Å². The van der Waals surface area contributed by atoms with Crippen LogP contribution in [-0.4, -0.2) is 29.6 Å². The van der Waals surface area contributed by atoms with Gasteiger partial charge in [-0.3, -0.25) is 4.79 Å². The summed E-state index contributed by atoms with van der Waals surface area (Å²) in [6.07, 6.45) is 1.68. The number of hydrogen-bond acceptors (Lipinski definition) is 3. The summed E-state index contributed by atoms with van der Waals surface area (Å²) in [6.45, 7) is 0.778. The minimum absolute atomic E-state index is 0.239. The van der Waals surface area contributed by atoms with Gasteiger partial charge < -0.3 is 15.7 Å². The number of amides is 1. The van der Waals surface area contributed by atoms with Gasteiger partial charge in [0.25, 0.3) is 0 Å². The molecule has 0 aliphatic carbocycles. The van der Waals surface area contributed by atoms with E-state index in [-0.39, 0.29) is 17.5 Å². The fraction of sp³-hybridized carbons (Fsp3) is 0.333. The first-order valence-corrected chi connectivity index (χ1v) is 5.49. The van der Waals surface area contributed by atoms with E-state index in [4.69, 9.17) is 10.8 Å². The second-order valence-corrected chi connectivity index (χ2v) is 4.11. The number of benzene rings is 1. The zero-order valence-corrected chi connectivity index (χ0v) is 9.30. The second kappa shape index (κ2) is 4.45. The lowest BCUT2D eigenvalue weighted by molar-refractivity contribution is -0.119. The summed E-state index contributed by atoms with van der Waals surface area (Å²) in [7, 11) is 0. The SMILES string of the molecule is NC(=O)C1CCCN1c1ccc(C(=O)O)cc1. The number of primary amides is 1. The van der Waals surface area contributed by atoms with Crippen molar-refractivity contribution >= 4 is 17.6 Å². The van der Waals surface area contributed by atoms with E-state index in [1.807, 2.05) is 4.90 Å². The van der Waals surface area contributed by atoms with Crippen molar-refractivity contribution < 1.29 is 14.7 Å². The summed E-state index contributed by atoms with van der Waals surface area (Å²) < 4.78 is 0. The van der Waals surface area contributed by atoms with Gasteiger partial charge in [0.1, 0.15) is 6.04 Å². The Balaban J connectivity index is 2.22. The standard InChI is InChI=1S/C12H14N2O3/c13-11(15)10-2-1-7-14(10)9-5-3-8(4-6-9)12(16)17/h3-6,10H,1-2,7H2,(H2,13,15)(H,16,17).